The Morgan fingerprint density at radius 1 is 0.780 bits per heavy atom. The van der Waals surface area contributed by atoms with Gasteiger partial charge in [-0.3, -0.25) is 0 Å². The summed E-state index contributed by atoms with van der Waals surface area (Å²) in [7, 11) is 0. The predicted molar refractivity (Wildman–Crippen MR) is 226 cm³/mol. The minimum absolute atomic E-state index is 0.00546. The van der Waals surface area contributed by atoms with E-state index in [1.165, 1.54) is 18.1 Å². The SMILES string of the molecule is CC1=C2/C=C\C[C@@H](C(C)(C)[C@@H](O)/C=C/CCN)OC(=O)c3coc(n3)/C=C\C=C\[C@@H]3C=C3/C=C\C[C@@H](C(C)(C)[C@@H](O)/C=C/CCO)OC(=O)c3coc(n3)/C=C\C=C\[C@@H]12. The van der Waals surface area contributed by atoms with Crippen molar-refractivity contribution in [2.45, 2.75) is 84.7 Å². The van der Waals surface area contributed by atoms with Crippen LogP contribution >= 0.6 is 0 Å². The number of cyclic esters (lactones) is 2. The maximum Gasteiger partial charge on any atom is 0.360 e. The molecule has 2 aliphatic carbocycles. The molecule has 0 fully saturated rings. The molecule has 6 atom stereocenters. The Kier molecular flexibility index (Phi) is 15.6. The molecule has 3 aliphatic rings. The first kappa shape index (κ1) is 44.7. The lowest BCUT2D eigenvalue weighted by Gasteiger charge is -2.36. The van der Waals surface area contributed by atoms with Gasteiger partial charge in [0.1, 0.15) is 24.7 Å². The van der Waals surface area contributed by atoms with Crippen molar-refractivity contribution >= 4 is 24.1 Å². The standard InChI is InChI=1S/C47H57N3O9/c1-31-34-18-7-9-25-43-50-36(30-57-43)44(54)58-40(47(4,5)39(53)21-11-13-27-51)22-14-17-33-28-32(33)16-6-8-24-42-49-37(29-56-42)45(55)59-41(23-15-19-35(31)34)46(2,3)38(52)20-10-12-26-48/h6-11,14-21,24-25,28-30,32,34,38-41,51-53H,12-13,22-23,26-27,48H2,1-5H3/b16-6+,17-14-,18-7+,19-15-,20-10+,21-11+,24-8-,25-9-/t32-,34+,38+,39+,40+,41+/m1/s1. The van der Waals surface area contributed by atoms with Crippen LogP contribution in [0, 0.1) is 22.7 Å². The molecule has 0 radical (unpaired) electrons. The van der Waals surface area contributed by atoms with E-state index in [-0.39, 0.29) is 41.6 Å². The summed E-state index contributed by atoms with van der Waals surface area (Å²) in [5.41, 5.74) is 7.28. The molecular weight excluding hydrogens is 751 g/mol. The summed E-state index contributed by atoms with van der Waals surface area (Å²) in [5, 5.41) is 31.4. The van der Waals surface area contributed by atoms with Gasteiger partial charge >= 0.3 is 11.9 Å². The zero-order valence-corrected chi connectivity index (χ0v) is 34.4. The van der Waals surface area contributed by atoms with E-state index in [4.69, 9.17) is 24.0 Å². The summed E-state index contributed by atoms with van der Waals surface area (Å²) < 4.78 is 23.1. The summed E-state index contributed by atoms with van der Waals surface area (Å²) in [5.74, 6) is -0.660. The minimum Gasteiger partial charge on any atom is -0.457 e. The fourth-order valence-electron chi connectivity index (χ4n) is 6.43. The van der Waals surface area contributed by atoms with Crippen LogP contribution in [0.5, 0.6) is 0 Å². The summed E-state index contributed by atoms with van der Waals surface area (Å²) in [6, 6.07) is 0. The van der Waals surface area contributed by atoms with E-state index in [0.717, 1.165) is 11.1 Å². The summed E-state index contributed by atoms with van der Waals surface area (Å²) in [4.78, 5) is 35.4. The van der Waals surface area contributed by atoms with Crippen LogP contribution < -0.4 is 5.73 Å². The number of hydrogen-bond donors (Lipinski definition) is 4. The lowest BCUT2D eigenvalue weighted by atomic mass is 9.78. The first-order valence-corrected chi connectivity index (χ1v) is 20.0. The van der Waals surface area contributed by atoms with E-state index in [2.05, 4.69) is 16.0 Å². The lowest BCUT2D eigenvalue weighted by molar-refractivity contribution is -0.0462. The molecule has 12 heteroatoms. The molecule has 5 rings (SSSR count). The van der Waals surface area contributed by atoms with Crippen molar-refractivity contribution in [2.24, 2.45) is 28.4 Å². The maximum atomic E-state index is 13.4. The number of nitrogens with zero attached hydrogens (tertiary/aromatic N) is 2. The molecule has 0 aromatic carbocycles. The van der Waals surface area contributed by atoms with E-state index < -0.39 is 47.2 Å². The number of allylic oxidation sites excluding steroid dienone is 12. The minimum atomic E-state index is -0.961. The van der Waals surface area contributed by atoms with Gasteiger partial charge < -0.3 is 39.4 Å². The third-order valence-corrected chi connectivity index (χ3v) is 10.9. The molecule has 12 nitrogen and oxygen atoms in total. The highest BCUT2D eigenvalue weighted by molar-refractivity contribution is 5.87. The fourth-order valence-corrected chi connectivity index (χ4v) is 6.43. The van der Waals surface area contributed by atoms with E-state index >= 15 is 0 Å². The van der Waals surface area contributed by atoms with Crippen LogP contribution in [0.3, 0.4) is 0 Å². The number of carbonyl (C=O) groups is 2. The molecule has 1 aliphatic heterocycles. The Labute approximate surface area is 346 Å². The van der Waals surface area contributed by atoms with Crippen molar-refractivity contribution in [3.8, 4) is 0 Å². The Bertz CT molecular complexity index is 2080. The van der Waals surface area contributed by atoms with Crippen molar-refractivity contribution in [1.29, 1.82) is 0 Å². The van der Waals surface area contributed by atoms with Gasteiger partial charge in [-0.1, -0.05) is 124 Å². The number of nitrogens with two attached hydrogens (primary N) is 1. The molecule has 4 bridgehead atoms. The monoisotopic (exact) mass is 807 g/mol. The molecular formula is C47H57N3O9. The molecule has 59 heavy (non-hydrogen) atoms. The van der Waals surface area contributed by atoms with Crippen LogP contribution in [0.25, 0.3) is 12.2 Å². The van der Waals surface area contributed by atoms with Crippen LogP contribution in [-0.2, 0) is 9.47 Å². The van der Waals surface area contributed by atoms with E-state index in [9.17, 15) is 24.9 Å². The third-order valence-electron chi connectivity index (χ3n) is 10.9. The Morgan fingerprint density at radius 2 is 1.31 bits per heavy atom. The highest BCUT2D eigenvalue weighted by Gasteiger charge is 2.39. The zero-order valence-electron chi connectivity index (χ0n) is 34.4. The number of carbonyl (C=O) groups excluding carboxylic acids is 2. The normalized spacial score (nSPS) is 26.4. The fraction of sp³-hybridized carbons (Fsp3) is 0.404. The number of fused-ring (bicyclic) bond motifs is 6. The molecule has 5 N–H and O–H groups in total. The second kappa shape index (κ2) is 20.5. The molecule has 2 aromatic heterocycles. The first-order valence-electron chi connectivity index (χ1n) is 20.0. The largest absolute Gasteiger partial charge is 0.457 e. The number of aliphatic hydroxyl groups is 3. The Balaban J connectivity index is 1.37. The highest BCUT2D eigenvalue weighted by Crippen LogP contribution is 2.42. The topological polar surface area (TPSA) is 191 Å². The maximum absolute atomic E-state index is 13.4. The van der Waals surface area contributed by atoms with Gasteiger partial charge in [0.05, 0.1) is 12.2 Å². The smallest absolute Gasteiger partial charge is 0.360 e. The average molecular weight is 808 g/mol. The Morgan fingerprint density at radius 3 is 1.85 bits per heavy atom. The number of aromatic nitrogens is 2. The van der Waals surface area contributed by atoms with Crippen molar-refractivity contribution in [1.82, 2.24) is 9.97 Å². The van der Waals surface area contributed by atoms with E-state index in [1.54, 1.807) is 42.5 Å². The van der Waals surface area contributed by atoms with Crippen molar-refractivity contribution in [3.63, 3.8) is 0 Å². The molecule has 0 saturated heterocycles. The molecule has 0 unspecified atom stereocenters. The summed E-state index contributed by atoms with van der Waals surface area (Å²) >= 11 is 0. The van der Waals surface area contributed by atoms with Gasteiger partial charge in [0.2, 0.25) is 11.8 Å². The zero-order chi connectivity index (χ0) is 42.6. The van der Waals surface area contributed by atoms with Crippen LogP contribution in [0.2, 0.25) is 0 Å². The number of ether oxygens (including phenoxy) is 2. The Hall–Kier alpha value is -5.40. The number of rotatable bonds is 10. The second-order valence-electron chi connectivity index (χ2n) is 16.0. The van der Waals surface area contributed by atoms with Gasteiger partial charge in [-0.15, -0.1) is 0 Å². The first-order chi connectivity index (χ1) is 28.3. The number of hydrogen-bond acceptors (Lipinski definition) is 12. The molecule has 314 valence electrons. The summed E-state index contributed by atoms with van der Waals surface area (Å²) in [6.07, 6.45) is 32.2. The van der Waals surface area contributed by atoms with Gasteiger partial charge in [-0.05, 0) is 37.5 Å². The van der Waals surface area contributed by atoms with Crippen LogP contribution in [0.4, 0.5) is 0 Å². The van der Waals surface area contributed by atoms with Gasteiger partial charge in [0, 0.05) is 54.3 Å². The van der Waals surface area contributed by atoms with E-state index in [0.29, 0.717) is 32.2 Å². The third kappa shape index (κ3) is 12.3. The molecule has 0 spiro atoms. The molecule has 3 heterocycles. The highest BCUT2D eigenvalue weighted by atomic mass is 16.6. The van der Waals surface area contributed by atoms with Gasteiger partial charge in [-0.2, -0.15) is 0 Å². The van der Waals surface area contributed by atoms with Crippen molar-refractivity contribution in [3.05, 3.63) is 144 Å². The van der Waals surface area contributed by atoms with Crippen LogP contribution in [-0.4, -0.2) is 74.8 Å². The quantitative estimate of drug-likeness (QED) is 0.136. The van der Waals surface area contributed by atoms with Crippen LogP contribution in [0.1, 0.15) is 93.1 Å². The number of esters is 2. The predicted octanol–water partition coefficient (Wildman–Crippen LogP) is 7.58. The average Bonchev–Trinajstić information content (AvgIpc) is 3.88. The van der Waals surface area contributed by atoms with Crippen LogP contribution in [0.15, 0.2) is 129 Å². The molecule has 0 amide bonds. The molecule has 2 aromatic rings. The van der Waals surface area contributed by atoms with Crippen molar-refractivity contribution < 1.29 is 43.2 Å². The van der Waals surface area contributed by atoms with Gasteiger partial charge in [0.15, 0.2) is 11.4 Å². The van der Waals surface area contributed by atoms with Gasteiger partial charge in [-0.25, -0.2) is 19.6 Å². The second-order valence-corrected chi connectivity index (χ2v) is 16.0. The van der Waals surface area contributed by atoms with Gasteiger partial charge in [0.25, 0.3) is 0 Å². The number of aliphatic hydroxyl groups excluding tert-OH is 3. The molecule has 0 saturated carbocycles. The summed E-state index contributed by atoms with van der Waals surface area (Å²) in [6.45, 7) is 9.80. The number of oxazole rings is 2. The van der Waals surface area contributed by atoms with E-state index in [1.807, 2.05) is 89.3 Å². The lowest BCUT2D eigenvalue weighted by Crippen LogP contribution is -2.42. The van der Waals surface area contributed by atoms with Crippen molar-refractivity contribution in [2.75, 3.05) is 13.2 Å².